The Morgan fingerprint density at radius 1 is 1.13 bits per heavy atom. The second-order valence-electron chi connectivity index (χ2n) is 8.67. The Balaban J connectivity index is 0.00000341. The predicted molar refractivity (Wildman–Crippen MR) is 136 cm³/mol. The zero-order valence-electron chi connectivity index (χ0n) is 19.1. The van der Waals surface area contributed by atoms with Gasteiger partial charge in [0, 0.05) is 64.6 Å². The van der Waals surface area contributed by atoms with Crippen molar-refractivity contribution in [2.24, 2.45) is 16.8 Å². The summed E-state index contributed by atoms with van der Waals surface area (Å²) in [6, 6.07) is 2.30. The van der Waals surface area contributed by atoms with E-state index in [1.54, 1.807) is 19.4 Å². The lowest BCUT2D eigenvalue weighted by Gasteiger charge is -2.34. The van der Waals surface area contributed by atoms with Gasteiger partial charge >= 0.3 is 0 Å². The lowest BCUT2D eigenvalue weighted by atomic mass is 9.80. The van der Waals surface area contributed by atoms with Crippen LogP contribution < -0.4 is 15.5 Å². The van der Waals surface area contributed by atoms with Gasteiger partial charge in [-0.3, -0.25) is 9.79 Å². The standard InChI is InChI=1S/C22H37N7O.HI/c1-17(2)18-5-7-19(8-6-18)27-21(23-3)24-12-9-20(30)28-13-15-29(16-14-28)22-25-10-4-11-26-22;/h4,10-11,17-19H,5-9,12-16H2,1-3H3,(H2,23,24,27);1H. The van der Waals surface area contributed by atoms with Gasteiger partial charge in [-0.2, -0.15) is 0 Å². The molecule has 3 rings (SSSR count). The zero-order valence-corrected chi connectivity index (χ0v) is 21.4. The number of aliphatic imine (C=N–C) groups is 1. The second-order valence-corrected chi connectivity index (χ2v) is 8.67. The number of guanidine groups is 1. The van der Waals surface area contributed by atoms with Gasteiger partial charge in [0.25, 0.3) is 0 Å². The van der Waals surface area contributed by atoms with Crippen LogP contribution in [0.15, 0.2) is 23.5 Å². The first-order valence-corrected chi connectivity index (χ1v) is 11.3. The summed E-state index contributed by atoms with van der Waals surface area (Å²) in [6.45, 7) is 8.21. The summed E-state index contributed by atoms with van der Waals surface area (Å²) < 4.78 is 0. The van der Waals surface area contributed by atoms with Gasteiger partial charge in [-0.25, -0.2) is 9.97 Å². The van der Waals surface area contributed by atoms with E-state index in [-0.39, 0.29) is 29.9 Å². The minimum absolute atomic E-state index is 0. The number of hydrogen-bond acceptors (Lipinski definition) is 5. The normalized spacial score (nSPS) is 22.1. The number of hydrogen-bond donors (Lipinski definition) is 2. The third-order valence-electron chi connectivity index (χ3n) is 6.38. The van der Waals surface area contributed by atoms with Crippen LogP contribution in [0.1, 0.15) is 46.0 Å². The highest BCUT2D eigenvalue weighted by Gasteiger charge is 2.24. The fourth-order valence-electron chi connectivity index (χ4n) is 4.37. The van der Waals surface area contributed by atoms with Crippen LogP contribution in [0.5, 0.6) is 0 Å². The Bertz CT molecular complexity index is 684. The van der Waals surface area contributed by atoms with Gasteiger partial charge in [0.15, 0.2) is 5.96 Å². The van der Waals surface area contributed by atoms with E-state index >= 15 is 0 Å². The van der Waals surface area contributed by atoms with Gasteiger partial charge in [-0.15, -0.1) is 24.0 Å². The fourth-order valence-corrected chi connectivity index (χ4v) is 4.37. The summed E-state index contributed by atoms with van der Waals surface area (Å²) in [4.78, 5) is 29.6. The monoisotopic (exact) mass is 543 g/mol. The van der Waals surface area contributed by atoms with Crippen molar-refractivity contribution >= 4 is 41.8 Å². The molecule has 2 aliphatic rings. The number of carbonyl (C=O) groups excluding carboxylic acids is 1. The molecule has 0 spiro atoms. The lowest BCUT2D eigenvalue weighted by molar-refractivity contribution is -0.131. The highest BCUT2D eigenvalue weighted by atomic mass is 127. The van der Waals surface area contributed by atoms with Crippen molar-refractivity contribution in [2.75, 3.05) is 44.7 Å². The van der Waals surface area contributed by atoms with E-state index in [9.17, 15) is 4.79 Å². The minimum Gasteiger partial charge on any atom is -0.356 e. The number of piperazine rings is 1. The Kier molecular flexibility index (Phi) is 10.8. The molecule has 0 unspecified atom stereocenters. The van der Waals surface area contributed by atoms with Crippen LogP contribution in [0.4, 0.5) is 5.95 Å². The predicted octanol–water partition coefficient (Wildman–Crippen LogP) is 2.51. The van der Waals surface area contributed by atoms with Crippen LogP contribution in [0.3, 0.4) is 0 Å². The van der Waals surface area contributed by atoms with E-state index in [1.807, 2.05) is 11.0 Å². The molecular formula is C22H38IN7O. The van der Waals surface area contributed by atoms with E-state index in [0.29, 0.717) is 32.1 Å². The van der Waals surface area contributed by atoms with Crippen LogP contribution in [0.2, 0.25) is 0 Å². The maximum atomic E-state index is 12.6. The van der Waals surface area contributed by atoms with Crippen molar-refractivity contribution < 1.29 is 4.79 Å². The average Bonchev–Trinajstić information content (AvgIpc) is 2.79. The number of rotatable bonds is 6. The summed E-state index contributed by atoms with van der Waals surface area (Å²) in [6.07, 6.45) is 8.93. The van der Waals surface area contributed by atoms with E-state index in [1.165, 1.54) is 25.7 Å². The maximum Gasteiger partial charge on any atom is 0.225 e. The maximum absolute atomic E-state index is 12.6. The number of nitrogens with one attached hydrogen (secondary N) is 2. The molecule has 1 saturated carbocycles. The van der Waals surface area contributed by atoms with Crippen LogP contribution in [-0.4, -0.2) is 72.5 Å². The molecule has 0 atom stereocenters. The molecule has 1 amide bonds. The van der Waals surface area contributed by atoms with Gasteiger partial charge in [0.2, 0.25) is 11.9 Å². The summed E-state index contributed by atoms with van der Waals surface area (Å²) in [7, 11) is 1.79. The molecule has 2 heterocycles. The van der Waals surface area contributed by atoms with Gasteiger partial charge in [-0.1, -0.05) is 13.8 Å². The first-order chi connectivity index (χ1) is 14.6. The number of anilines is 1. The van der Waals surface area contributed by atoms with Gasteiger partial charge in [0.1, 0.15) is 0 Å². The number of carbonyl (C=O) groups is 1. The largest absolute Gasteiger partial charge is 0.356 e. The molecule has 0 radical (unpaired) electrons. The van der Waals surface area contributed by atoms with E-state index in [0.717, 1.165) is 36.8 Å². The van der Waals surface area contributed by atoms with Crippen LogP contribution in [0, 0.1) is 11.8 Å². The zero-order chi connectivity index (χ0) is 21.3. The Morgan fingerprint density at radius 3 is 2.35 bits per heavy atom. The molecule has 1 saturated heterocycles. The molecule has 0 aromatic carbocycles. The molecule has 9 heteroatoms. The first-order valence-electron chi connectivity index (χ1n) is 11.3. The quantitative estimate of drug-likeness (QED) is 0.326. The number of amides is 1. The van der Waals surface area contributed by atoms with Crippen molar-refractivity contribution in [3.63, 3.8) is 0 Å². The Hall–Kier alpha value is -1.65. The van der Waals surface area contributed by atoms with Crippen LogP contribution >= 0.6 is 24.0 Å². The second kappa shape index (κ2) is 13.0. The van der Waals surface area contributed by atoms with Crippen LogP contribution in [-0.2, 0) is 4.79 Å². The van der Waals surface area contributed by atoms with Gasteiger partial charge < -0.3 is 20.4 Å². The average molecular weight is 543 g/mol. The molecule has 1 aliphatic carbocycles. The van der Waals surface area contributed by atoms with Crippen LogP contribution in [0.25, 0.3) is 0 Å². The summed E-state index contributed by atoms with van der Waals surface area (Å²) in [5, 5.41) is 6.85. The molecule has 0 bridgehead atoms. The molecular weight excluding hydrogens is 505 g/mol. The molecule has 1 aromatic heterocycles. The summed E-state index contributed by atoms with van der Waals surface area (Å²) >= 11 is 0. The smallest absolute Gasteiger partial charge is 0.225 e. The van der Waals surface area contributed by atoms with E-state index in [4.69, 9.17) is 0 Å². The van der Waals surface area contributed by atoms with Gasteiger partial charge in [-0.05, 0) is 43.6 Å². The SMILES string of the molecule is CN=C(NCCC(=O)N1CCN(c2ncccn2)CC1)NC1CCC(C(C)C)CC1.I. The molecule has 2 fully saturated rings. The summed E-state index contributed by atoms with van der Waals surface area (Å²) in [5.74, 6) is 3.36. The van der Waals surface area contributed by atoms with Crippen molar-refractivity contribution in [2.45, 2.75) is 52.0 Å². The van der Waals surface area contributed by atoms with Crippen molar-refractivity contribution in [3.8, 4) is 0 Å². The first kappa shape index (κ1) is 25.6. The number of aromatic nitrogens is 2. The fraction of sp³-hybridized carbons (Fsp3) is 0.727. The van der Waals surface area contributed by atoms with E-state index in [2.05, 4.69) is 44.3 Å². The minimum atomic E-state index is 0. The van der Waals surface area contributed by atoms with E-state index < -0.39 is 0 Å². The third-order valence-corrected chi connectivity index (χ3v) is 6.38. The lowest BCUT2D eigenvalue weighted by Crippen LogP contribution is -2.50. The molecule has 1 aliphatic heterocycles. The highest BCUT2D eigenvalue weighted by molar-refractivity contribution is 14.0. The number of halogens is 1. The van der Waals surface area contributed by atoms with Crippen molar-refractivity contribution in [1.82, 2.24) is 25.5 Å². The molecule has 31 heavy (non-hydrogen) atoms. The Morgan fingerprint density at radius 2 is 1.77 bits per heavy atom. The number of nitrogens with zero attached hydrogens (tertiary/aromatic N) is 5. The third kappa shape index (κ3) is 7.76. The molecule has 2 N–H and O–H groups in total. The topological polar surface area (TPSA) is 85.8 Å². The van der Waals surface area contributed by atoms with Crippen molar-refractivity contribution in [3.05, 3.63) is 18.5 Å². The van der Waals surface area contributed by atoms with Crippen molar-refractivity contribution in [1.29, 1.82) is 0 Å². The highest BCUT2D eigenvalue weighted by Crippen LogP contribution is 2.29. The molecule has 1 aromatic rings. The Labute approximate surface area is 203 Å². The molecule has 174 valence electrons. The van der Waals surface area contributed by atoms with Gasteiger partial charge in [0.05, 0.1) is 0 Å². The summed E-state index contributed by atoms with van der Waals surface area (Å²) in [5.41, 5.74) is 0. The molecule has 8 nitrogen and oxygen atoms in total.